The first-order chi connectivity index (χ1) is 11.9. The van der Waals surface area contributed by atoms with E-state index in [2.05, 4.69) is 14.9 Å². The summed E-state index contributed by atoms with van der Waals surface area (Å²) in [5, 5.41) is 0. The zero-order valence-corrected chi connectivity index (χ0v) is 15.5. The molecule has 0 radical (unpaired) electrons. The van der Waals surface area contributed by atoms with Crippen LogP contribution in [0.4, 0.5) is 5.82 Å². The van der Waals surface area contributed by atoms with Crippen LogP contribution >= 0.6 is 0 Å². The summed E-state index contributed by atoms with van der Waals surface area (Å²) in [5.74, 6) is 1.90. The second kappa shape index (κ2) is 6.97. The lowest BCUT2D eigenvalue weighted by atomic mass is 10.2. The van der Waals surface area contributed by atoms with E-state index in [1.807, 2.05) is 19.9 Å². The first kappa shape index (κ1) is 17.6. The molecule has 1 aromatic heterocycles. The number of hydrogen-bond donors (Lipinski definition) is 0. The van der Waals surface area contributed by atoms with Gasteiger partial charge in [-0.1, -0.05) is 12.1 Å². The van der Waals surface area contributed by atoms with Gasteiger partial charge in [0.25, 0.3) is 0 Å². The highest BCUT2D eigenvalue weighted by Crippen LogP contribution is 2.22. The first-order valence-corrected chi connectivity index (χ1v) is 9.55. The molecule has 0 saturated carbocycles. The van der Waals surface area contributed by atoms with E-state index in [9.17, 15) is 8.42 Å². The van der Waals surface area contributed by atoms with Crippen LogP contribution in [0.2, 0.25) is 0 Å². The number of hydrogen-bond acceptors (Lipinski definition) is 6. The number of aromatic nitrogens is 2. The normalized spacial score (nSPS) is 16.0. The lowest BCUT2D eigenvalue weighted by molar-refractivity contribution is 0.380. The highest BCUT2D eigenvalue weighted by Gasteiger charge is 2.29. The van der Waals surface area contributed by atoms with Crippen molar-refractivity contribution >= 4 is 15.8 Å². The molecule has 7 nitrogen and oxygen atoms in total. The van der Waals surface area contributed by atoms with Gasteiger partial charge in [0.15, 0.2) is 0 Å². The second-order valence-electron chi connectivity index (χ2n) is 6.02. The van der Waals surface area contributed by atoms with Crippen LogP contribution in [0, 0.1) is 13.8 Å². The van der Waals surface area contributed by atoms with Crippen molar-refractivity contribution in [3.63, 3.8) is 0 Å². The summed E-state index contributed by atoms with van der Waals surface area (Å²) in [6, 6.07) is 8.79. The SMILES string of the molecule is COc1cc(N2CCN(S(=O)(=O)c3cccc(C)c3)CC2)nc(C)n1. The number of anilines is 1. The average Bonchev–Trinajstić information content (AvgIpc) is 2.61. The maximum atomic E-state index is 12.8. The fourth-order valence-electron chi connectivity index (χ4n) is 2.87. The van der Waals surface area contributed by atoms with Crippen molar-refractivity contribution in [2.24, 2.45) is 0 Å². The van der Waals surface area contributed by atoms with Crippen LogP contribution in [0.3, 0.4) is 0 Å². The van der Waals surface area contributed by atoms with Crippen LogP contribution in [0.15, 0.2) is 35.2 Å². The van der Waals surface area contributed by atoms with E-state index in [1.165, 1.54) is 4.31 Å². The van der Waals surface area contributed by atoms with Gasteiger partial charge < -0.3 is 9.64 Å². The third-order valence-electron chi connectivity index (χ3n) is 4.20. The van der Waals surface area contributed by atoms with Crippen LogP contribution < -0.4 is 9.64 Å². The minimum Gasteiger partial charge on any atom is -0.481 e. The summed E-state index contributed by atoms with van der Waals surface area (Å²) < 4.78 is 32.3. The highest BCUT2D eigenvalue weighted by atomic mass is 32.2. The van der Waals surface area contributed by atoms with Crippen molar-refractivity contribution in [3.8, 4) is 5.88 Å². The average molecular weight is 362 g/mol. The molecule has 0 spiro atoms. The zero-order chi connectivity index (χ0) is 18.0. The molecule has 0 bridgehead atoms. The highest BCUT2D eigenvalue weighted by molar-refractivity contribution is 7.89. The Morgan fingerprint density at radius 3 is 2.40 bits per heavy atom. The van der Waals surface area contributed by atoms with Crippen LogP contribution in [0.1, 0.15) is 11.4 Å². The standard InChI is InChI=1S/C17H22N4O3S/c1-13-5-4-6-15(11-13)25(22,23)21-9-7-20(8-10-21)16-12-17(24-3)19-14(2)18-16/h4-6,11-12H,7-10H2,1-3H3. The molecule has 0 atom stereocenters. The first-order valence-electron chi connectivity index (χ1n) is 8.11. The zero-order valence-electron chi connectivity index (χ0n) is 14.6. The van der Waals surface area contributed by atoms with Gasteiger partial charge in [-0.05, 0) is 31.5 Å². The molecule has 1 aliphatic heterocycles. The third kappa shape index (κ3) is 3.74. The minimum atomic E-state index is -3.46. The number of rotatable bonds is 4. The topological polar surface area (TPSA) is 75.6 Å². The largest absolute Gasteiger partial charge is 0.481 e. The van der Waals surface area contributed by atoms with Crippen LogP contribution in [0.5, 0.6) is 5.88 Å². The van der Waals surface area contributed by atoms with Crippen molar-refractivity contribution in [3.05, 3.63) is 41.7 Å². The quantitative estimate of drug-likeness (QED) is 0.823. The summed E-state index contributed by atoms with van der Waals surface area (Å²) in [4.78, 5) is 11.0. The molecule has 25 heavy (non-hydrogen) atoms. The number of methoxy groups -OCH3 is 1. The molecule has 2 heterocycles. The van der Waals surface area contributed by atoms with Gasteiger partial charge in [0.2, 0.25) is 15.9 Å². The Labute approximate surface area is 148 Å². The van der Waals surface area contributed by atoms with Gasteiger partial charge in [-0.2, -0.15) is 9.29 Å². The number of sulfonamides is 1. The van der Waals surface area contributed by atoms with Crippen molar-refractivity contribution < 1.29 is 13.2 Å². The number of ether oxygens (including phenoxy) is 1. The van der Waals surface area contributed by atoms with E-state index in [0.29, 0.717) is 42.8 Å². The number of benzene rings is 1. The Bertz CT molecular complexity index is 862. The number of piperazine rings is 1. The van der Waals surface area contributed by atoms with Gasteiger partial charge in [0, 0.05) is 32.2 Å². The van der Waals surface area contributed by atoms with E-state index in [0.717, 1.165) is 11.4 Å². The Morgan fingerprint density at radius 1 is 1.04 bits per heavy atom. The Morgan fingerprint density at radius 2 is 1.76 bits per heavy atom. The molecular formula is C17H22N4O3S. The fraction of sp³-hybridized carbons (Fsp3) is 0.412. The molecule has 1 aliphatic rings. The smallest absolute Gasteiger partial charge is 0.243 e. The summed E-state index contributed by atoms with van der Waals surface area (Å²) in [5.41, 5.74) is 0.934. The fourth-order valence-corrected chi connectivity index (χ4v) is 4.40. The Kier molecular flexibility index (Phi) is 4.91. The van der Waals surface area contributed by atoms with Gasteiger partial charge in [0.05, 0.1) is 12.0 Å². The summed E-state index contributed by atoms with van der Waals surface area (Å²) in [6.07, 6.45) is 0. The molecule has 0 unspecified atom stereocenters. The van der Waals surface area contributed by atoms with Gasteiger partial charge in [0.1, 0.15) is 11.6 Å². The second-order valence-corrected chi connectivity index (χ2v) is 7.96. The molecule has 1 saturated heterocycles. The van der Waals surface area contributed by atoms with Crippen LogP contribution in [-0.4, -0.2) is 56.0 Å². The maximum Gasteiger partial charge on any atom is 0.243 e. The lowest BCUT2D eigenvalue weighted by Gasteiger charge is -2.34. The van der Waals surface area contributed by atoms with Crippen molar-refractivity contribution in [2.75, 3.05) is 38.2 Å². The molecular weight excluding hydrogens is 340 g/mol. The van der Waals surface area contributed by atoms with E-state index in [1.54, 1.807) is 31.4 Å². The van der Waals surface area contributed by atoms with E-state index in [4.69, 9.17) is 4.74 Å². The van der Waals surface area contributed by atoms with E-state index >= 15 is 0 Å². The predicted molar refractivity (Wildman–Crippen MR) is 95.5 cm³/mol. The molecule has 8 heteroatoms. The monoisotopic (exact) mass is 362 g/mol. The molecule has 0 amide bonds. The summed E-state index contributed by atoms with van der Waals surface area (Å²) >= 11 is 0. The Balaban J connectivity index is 1.74. The molecule has 0 aliphatic carbocycles. The van der Waals surface area contributed by atoms with E-state index in [-0.39, 0.29) is 0 Å². The molecule has 1 fully saturated rings. The van der Waals surface area contributed by atoms with Crippen LogP contribution in [0.25, 0.3) is 0 Å². The molecule has 3 rings (SSSR count). The Hall–Kier alpha value is -2.19. The maximum absolute atomic E-state index is 12.8. The summed E-state index contributed by atoms with van der Waals surface area (Å²) in [6.45, 7) is 5.69. The van der Waals surface area contributed by atoms with Gasteiger partial charge in [-0.15, -0.1) is 0 Å². The van der Waals surface area contributed by atoms with E-state index < -0.39 is 10.0 Å². The number of nitrogens with zero attached hydrogens (tertiary/aromatic N) is 4. The van der Waals surface area contributed by atoms with Crippen LogP contribution in [-0.2, 0) is 10.0 Å². The molecule has 134 valence electrons. The minimum absolute atomic E-state index is 0.348. The lowest BCUT2D eigenvalue weighted by Crippen LogP contribution is -2.49. The van der Waals surface area contributed by atoms with Crippen molar-refractivity contribution in [1.29, 1.82) is 0 Å². The molecule has 0 N–H and O–H groups in total. The predicted octanol–water partition coefficient (Wildman–Crippen LogP) is 1.61. The van der Waals surface area contributed by atoms with Crippen molar-refractivity contribution in [2.45, 2.75) is 18.7 Å². The van der Waals surface area contributed by atoms with Gasteiger partial charge in [-0.3, -0.25) is 0 Å². The summed E-state index contributed by atoms with van der Waals surface area (Å²) in [7, 11) is -1.89. The van der Waals surface area contributed by atoms with Gasteiger partial charge in [-0.25, -0.2) is 13.4 Å². The number of aryl methyl sites for hydroxylation is 2. The molecule has 1 aromatic carbocycles. The van der Waals surface area contributed by atoms with Gasteiger partial charge >= 0.3 is 0 Å². The van der Waals surface area contributed by atoms with Crippen molar-refractivity contribution in [1.82, 2.24) is 14.3 Å². The molecule has 2 aromatic rings. The third-order valence-corrected chi connectivity index (χ3v) is 6.09.